The van der Waals surface area contributed by atoms with Crippen LogP contribution in [-0.2, 0) is 4.79 Å². The average Bonchev–Trinajstić information content (AvgIpc) is 3.22. The molecule has 1 amide bonds. The number of aliphatic imine (C=N–C) groups is 1. The second kappa shape index (κ2) is 12.1. The number of methoxy groups -OCH3 is 1. The Morgan fingerprint density at radius 3 is 2.11 bits per heavy atom. The van der Waals surface area contributed by atoms with Crippen molar-refractivity contribution in [1.82, 2.24) is 9.80 Å². The monoisotopic (exact) mass is 503 g/mol. The van der Waals surface area contributed by atoms with E-state index in [-0.39, 0.29) is 5.91 Å². The molecule has 3 aliphatic rings. The Morgan fingerprint density at radius 1 is 0.917 bits per heavy atom. The molecule has 2 saturated carbocycles. The zero-order valence-electron chi connectivity index (χ0n) is 21.3. The molecule has 1 saturated heterocycles. The number of amidine groups is 1. The maximum atomic E-state index is 13.8. The van der Waals surface area contributed by atoms with Gasteiger partial charge in [0.2, 0.25) is 0 Å². The summed E-state index contributed by atoms with van der Waals surface area (Å²) in [6, 6.07) is 19.0. The molecule has 36 heavy (non-hydrogen) atoms. The zero-order valence-corrected chi connectivity index (χ0v) is 22.1. The Bertz CT molecular complexity index is 1050. The van der Waals surface area contributed by atoms with Crippen LogP contribution in [0.4, 0.5) is 5.69 Å². The number of benzene rings is 2. The molecule has 0 atom stereocenters. The van der Waals surface area contributed by atoms with Gasteiger partial charge in [0.1, 0.15) is 5.75 Å². The van der Waals surface area contributed by atoms with Gasteiger partial charge in [0, 0.05) is 12.1 Å². The summed E-state index contributed by atoms with van der Waals surface area (Å²) in [4.78, 5) is 24.1. The molecule has 1 aliphatic heterocycles. The summed E-state index contributed by atoms with van der Waals surface area (Å²) < 4.78 is 5.29. The van der Waals surface area contributed by atoms with Crippen molar-refractivity contribution in [3.63, 3.8) is 0 Å². The summed E-state index contributed by atoms with van der Waals surface area (Å²) in [5.74, 6) is 0.869. The number of nitrogens with zero attached hydrogens (tertiary/aromatic N) is 3. The summed E-state index contributed by atoms with van der Waals surface area (Å²) >= 11 is 1.49. The summed E-state index contributed by atoms with van der Waals surface area (Å²) in [6.45, 7) is 0.632. The smallest absolute Gasteiger partial charge is 0.267 e. The quantitative estimate of drug-likeness (QED) is 0.374. The number of hydrogen-bond donors (Lipinski definition) is 0. The molecule has 0 radical (unpaired) electrons. The largest absolute Gasteiger partial charge is 0.497 e. The molecule has 2 aromatic carbocycles. The van der Waals surface area contributed by atoms with Crippen molar-refractivity contribution in [1.29, 1.82) is 0 Å². The van der Waals surface area contributed by atoms with Crippen molar-refractivity contribution < 1.29 is 9.53 Å². The van der Waals surface area contributed by atoms with E-state index in [2.05, 4.69) is 4.90 Å². The number of rotatable bonds is 7. The first kappa shape index (κ1) is 25.1. The Labute approximate surface area is 219 Å². The first-order chi connectivity index (χ1) is 17.7. The molecule has 5 rings (SSSR count). The molecule has 0 bridgehead atoms. The third-order valence-corrected chi connectivity index (χ3v) is 8.68. The summed E-state index contributed by atoms with van der Waals surface area (Å²) in [5, 5.41) is 0.780. The molecule has 0 N–H and O–H groups in total. The van der Waals surface area contributed by atoms with Crippen LogP contribution >= 0.6 is 11.8 Å². The fourth-order valence-corrected chi connectivity index (χ4v) is 6.69. The van der Waals surface area contributed by atoms with Gasteiger partial charge < -0.3 is 4.74 Å². The van der Waals surface area contributed by atoms with Gasteiger partial charge in [-0.1, -0.05) is 68.9 Å². The number of carbonyl (C=O) groups excluding carboxylic acids is 1. The number of thioether (sulfide) groups is 1. The Kier molecular flexibility index (Phi) is 8.44. The van der Waals surface area contributed by atoms with Crippen LogP contribution < -0.4 is 4.74 Å². The number of hydrogen-bond acceptors (Lipinski definition) is 5. The fraction of sp³-hybridized carbons (Fsp3) is 0.467. The van der Waals surface area contributed by atoms with Crippen LogP contribution in [0.5, 0.6) is 5.75 Å². The van der Waals surface area contributed by atoms with E-state index in [9.17, 15) is 4.79 Å². The lowest BCUT2D eigenvalue weighted by Gasteiger charge is -2.43. The predicted octanol–water partition coefficient (Wildman–Crippen LogP) is 7.22. The Balaban J connectivity index is 1.45. The second-order valence-electron chi connectivity index (χ2n) is 10.1. The molecular weight excluding hydrogens is 466 g/mol. The van der Waals surface area contributed by atoms with Gasteiger partial charge >= 0.3 is 0 Å². The van der Waals surface area contributed by atoms with Gasteiger partial charge in [-0.05, 0) is 73.4 Å². The number of para-hydroxylation sites is 1. The maximum absolute atomic E-state index is 13.8. The third-order valence-electron chi connectivity index (χ3n) is 7.67. The minimum Gasteiger partial charge on any atom is -0.497 e. The molecular formula is C30H37N3O2S. The van der Waals surface area contributed by atoms with E-state index in [1.807, 2.05) is 65.6 Å². The van der Waals surface area contributed by atoms with E-state index in [0.29, 0.717) is 18.8 Å². The van der Waals surface area contributed by atoms with Crippen LogP contribution in [0.1, 0.15) is 69.8 Å². The van der Waals surface area contributed by atoms with Crippen molar-refractivity contribution >= 4 is 34.6 Å². The lowest BCUT2D eigenvalue weighted by atomic mass is 9.89. The predicted molar refractivity (Wildman–Crippen MR) is 149 cm³/mol. The molecule has 1 heterocycles. The molecule has 0 spiro atoms. The Morgan fingerprint density at radius 2 is 1.53 bits per heavy atom. The summed E-state index contributed by atoms with van der Waals surface area (Å²) in [5.41, 5.74) is 1.87. The maximum Gasteiger partial charge on any atom is 0.267 e. The number of amides is 1. The normalized spacial score (nSPS) is 22.2. The van der Waals surface area contributed by atoms with Gasteiger partial charge in [-0.3, -0.25) is 14.6 Å². The van der Waals surface area contributed by atoms with E-state index in [1.165, 1.54) is 76.0 Å². The molecule has 0 aromatic heterocycles. The molecule has 5 nitrogen and oxygen atoms in total. The van der Waals surface area contributed by atoms with Crippen LogP contribution in [0.2, 0.25) is 0 Å². The van der Waals surface area contributed by atoms with Crippen molar-refractivity contribution in [2.45, 2.75) is 76.3 Å². The van der Waals surface area contributed by atoms with E-state index >= 15 is 0 Å². The number of carbonyl (C=O) groups is 1. The van der Waals surface area contributed by atoms with Gasteiger partial charge in [-0.15, -0.1) is 0 Å². The van der Waals surface area contributed by atoms with Gasteiger partial charge in [-0.2, -0.15) is 0 Å². The molecule has 0 unspecified atom stereocenters. The van der Waals surface area contributed by atoms with Crippen molar-refractivity contribution in [2.75, 3.05) is 13.8 Å². The third kappa shape index (κ3) is 6.04. The summed E-state index contributed by atoms with van der Waals surface area (Å²) in [6.07, 6.45) is 14.8. The molecule has 2 aromatic rings. The van der Waals surface area contributed by atoms with Crippen LogP contribution in [-0.4, -0.2) is 46.7 Å². The highest BCUT2D eigenvalue weighted by Gasteiger charge is 2.38. The second-order valence-corrected chi connectivity index (χ2v) is 11.1. The average molecular weight is 504 g/mol. The first-order valence-corrected chi connectivity index (χ1v) is 14.3. The minimum atomic E-state index is 0.0575. The highest BCUT2D eigenvalue weighted by Crippen LogP contribution is 2.37. The van der Waals surface area contributed by atoms with Crippen molar-refractivity contribution in [3.8, 4) is 5.75 Å². The van der Waals surface area contributed by atoms with Gasteiger partial charge in [0.05, 0.1) is 24.4 Å². The van der Waals surface area contributed by atoms with E-state index in [1.54, 1.807) is 7.11 Å². The summed E-state index contributed by atoms with van der Waals surface area (Å²) in [7, 11) is 1.67. The topological polar surface area (TPSA) is 45.1 Å². The molecule has 190 valence electrons. The van der Waals surface area contributed by atoms with Crippen LogP contribution in [0.25, 0.3) is 6.08 Å². The number of ether oxygens (including phenoxy) is 1. The highest BCUT2D eigenvalue weighted by atomic mass is 32.2. The van der Waals surface area contributed by atoms with E-state index in [4.69, 9.17) is 9.73 Å². The molecule has 3 fully saturated rings. The van der Waals surface area contributed by atoms with E-state index < -0.39 is 0 Å². The van der Waals surface area contributed by atoms with Gasteiger partial charge in [0.15, 0.2) is 5.17 Å². The van der Waals surface area contributed by atoms with Crippen LogP contribution in [0.3, 0.4) is 0 Å². The van der Waals surface area contributed by atoms with Crippen molar-refractivity contribution in [2.24, 2.45) is 4.99 Å². The lowest BCUT2D eigenvalue weighted by Crippen LogP contribution is -2.51. The van der Waals surface area contributed by atoms with E-state index in [0.717, 1.165) is 27.1 Å². The SMILES string of the molecule is COc1ccc(/C=C2\SC(=Nc3ccccc3)N(CN(C3CCCCC3)C3CCCCC3)C2=O)cc1. The van der Waals surface area contributed by atoms with Crippen molar-refractivity contribution in [3.05, 3.63) is 65.1 Å². The Hall–Kier alpha value is -2.57. The molecule has 6 heteroatoms. The van der Waals surface area contributed by atoms with Crippen LogP contribution in [0.15, 0.2) is 64.5 Å². The minimum absolute atomic E-state index is 0.0575. The lowest BCUT2D eigenvalue weighted by molar-refractivity contribution is -0.124. The zero-order chi connectivity index (χ0) is 24.7. The van der Waals surface area contributed by atoms with Gasteiger partial charge in [-0.25, -0.2) is 4.99 Å². The molecule has 2 aliphatic carbocycles. The first-order valence-electron chi connectivity index (χ1n) is 13.5. The fourth-order valence-electron chi connectivity index (χ4n) is 5.70. The van der Waals surface area contributed by atoms with Gasteiger partial charge in [0.25, 0.3) is 5.91 Å². The standard InChI is InChI=1S/C30H37N3O2S/c1-35-27-19-17-23(18-20-27)21-28-29(34)33(30(36-28)31-24-11-5-2-6-12-24)22-32(25-13-7-3-8-14-25)26-15-9-4-10-16-26/h2,5-6,11-12,17-21,25-26H,3-4,7-10,13-16,22H2,1H3/b28-21-,31-30?. The van der Waals surface area contributed by atoms with Crippen LogP contribution in [0, 0.1) is 0 Å². The highest BCUT2D eigenvalue weighted by molar-refractivity contribution is 8.18.